The van der Waals surface area contributed by atoms with Crippen molar-refractivity contribution in [1.29, 1.82) is 5.26 Å². The van der Waals surface area contributed by atoms with Crippen LogP contribution in [-0.4, -0.2) is 90.6 Å². The molecule has 0 saturated carbocycles. The van der Waals surface area contributed by atoms with Crippen molar-refractivity contribution in [1.82, 2.24) is 30.4 Å². The third-order valence-corrected chi connectivity index (χ3v) is 6.11. The lowest BCUT2D eigenvalue weighted by atomic mass is 10.1. The maximum Gasteiger partial charge on any atom is 0.329 e. The minimum absolute atomic E-state index is 0.0810. The number of nitrogens with zero attached hydrogens (tertiary/aromatic N) is 6. The van der Waals surface area contributed by atoms with Crippen LogP contribution in [0.5, 0.6) is 0 Å². The minimum Gasteiger partial charge on any atom is -0.458 e. The van der Waals surface area contributed by atoms with Crippen LogP contribution in [0.25, 0.3) is 0 Å². The molecule has 0 aromatic carbocycles. The number of aromatic nitrogens is 4. The van der Waals surface area contributed by atoms with Crippen molar-refractivity contribution < 1.29 is 28.7 Å². The molecule has 3 heterocycles. The number of nitriles is 1. The van der Waals surface area contributed by atoms with Gasteiger partial charge in [-0.25, -0.2) is 9.59 Å². The van der Waals surface area contributed by atoms with Crippen LogP contribution < -0.4 is 0 Å². The van der Waals surface area contributed by atoms with E-state index >= 15 is 0 Å². The lowest BCUT2D eigenvalue weighted by Gasteiger charge is -2.29. The molecule has 2 saturated heterocycles. The SMILES string of the molecule is CCC(C(=O)OC(C)(C)C)N1CC(C#N)CC1=O.CCC(C(=O)OC(C)(C)C)N1CC(c2nn[nH]n2)CC1=O. The van der Waals surface area contributed by atoms with Gasteiger partial charge in [0.2, 0.25) is 11.8 Å². The number of hydrogen-bond donors (Lipinski definition) is 1. The summed E-state index contributed by atoms with van der Waals surface area (Å²) in [5.41, 5.74) is -1.14. The summed E-state index contributed by atoms with van der Waals surface area (Å²) in [4.78, 5) is 51.3. The largest absolute Gasteiger partial charge is 0.458 e. The van der Waals surface area contributed by atoms with E-state index in [1.165, 1.54) is 4.90 Å². The van der Waals surface area contributed by atoms with Crippen molar-refractivity contribution >= 4 is 23.8 Å². The molecule has 0 bridgehead atoms. The Hall–Kier alpha value is -3.56. The van der Waals surface area contributed by atoms with Gasteiger partial charge in [-0.3, -0.25) is 9.59 Å². The summed E-state index contributed by atoms with van der Waals surface area (Å²) in [5, 5.41) is 22.6. The fraction of sp³-hybridized carbons (Fsp3) is 0.769. The summed E-state index contributed by atoms with van der Waals surface area (Å²) >= 11 is 0. The van der Waals surface area contributed by atoms with Crippen LogP contribution in [0.2, 0.25) is 0 Å². The number of nitrogens with one attached hydrogen (secondary N) is 1. The second kappa shape index (κ2) is 13.0. The quantitative estimate of drug-likeness (QED) is 0.498. The van der Waals surface area contributed by atoms with Crippen molar-refractivity contribution in [2.75, 3.05) is 13.1 Å². The fourth-order valence-electron chi connectivity index (χ4n) is 4.44. The molecule has 2 fully saturated rings. The average molecular weight is 548 g/mol. The lowest BCUT2D eigenvalue weighted by Crippen LogP contribution is -2.44. The van der Waals surface area contributed by atoms with Gasteiger partial charge in [0.05, 0.1) is 12.0 Å². The Morgan fingerprint density at radius 1 is 0.949 bits per heavy atom. The molecule has 216 valence electrons. The summed E-state index contributed by atoms with van der Waals surface area (Å²) in [5.74, 6) is -0.919. The Balaban J connectivity index is 0.000000277. The Kier molecular flexibility index (Phi) is 10.5. The van der Waals surface area contributed by atoms with Crippen molar-refractivity contribution in [3.05, 3.63) is 5.82 Å². The van der Waals surface area contributed by atoms with Gasteiger partial charge in [-0.05, 0) is 54.4 Å². The highest BCUT2D eigenvalue weighted by Gasteiger charge is 2.41. The Bertz CT molecular complexity index is 1050. The van der Waals surface area contributed by atoms with Crippen LogP contribution >= 0.6 is 0 Å². The second-order valence-corrected chi connectivity index (χ2v) is 11.7. The summed E-state index contributed by atoms with van der Waals surface area (Å²) in [7, 11) is 0. The van der Waals surface area contributed by atoms with Crippen molar-refractivity contribution in [3.63, 3.8) is 0 Å². The number of H-pyrrole nitrogens is 1. The van der Waals surface area contributed by atoms with E-state index in [1.807, 2.05) is 34.6 Å². The lowest BCUT2D eigenvalue weighted by molar-refractivity contribution is -0.164. The van der Waals surface area contributed by atoms with Crippen LogP contribution in [0.4, 0.5) is 0 Å². The summed E-state index contributed by atoms with van der Waals surface area (Å²) in [6.45, 7) is 15.3. The molecule has 2 aliphatic heterocycles. The van der Waals surface area contributed by atoms with E-state index in [2.05, 4.69) is 26.7 Å². The molecule has 0 spiro atoms. The van der Waals surface area contributed by atoms with Crippen LogP contribution in [0, 0.1) is 17.2 Å². The normalized spacial score (nSPS) is 21.1. The number of likely N-dealkylation sites (tertiary alicyclic amines) is 2. The molecule has 39 heavy (non-hydrogen) atoms. The monoisotopic (exact) mass is 547 g/mol. The Morgan fingerprint density at radius 3 is 1.82 bits per heavy atom. The number of rotatable bonds is 7. The molecule has 1 aromatic rings. The van der Waals surface area contributed by atoms with Crippen molar-refractivity contribution in [3.8, 4) is 6.07 Å². The van der Waals surface area contributed by atoms with Gasteiger partial charge in [0, 0.05) is 31.8 Å². The number of carbonyl (C=O) groups is 4. The minimum atomic E-state index is -0.574. The number of esters is 2. The van der Waals surface area contributed by atoms with E-state index in [-0.39, 0.29) is 36.0 Å². The highest BCUT2D eigenvalue weighted by atomic mass is 16.6. The summed E-state index contributed by atoms with van der Waals surface area (Å²) in [6, 6.07) is 0.940. The maximum atomic E-state index is 12.2. The van der Waals surface area contributed by atoms with Crippen LogP contribution in [0.1, 0.15) is 92.8 Å². The van der Waals surface area contributed by atoms with Gasteiger partial charge in [0.1, 0.15) is 23.3 Å². The van der Waals surface area contributed by atoms with Gasteiger partial charge < -0.3 is 19.3 Å². The highest BCUT2D eigenvalue weighted by Crippen LogP contribution is 2.28. The van der Waals surface area contributed by atoms with Gasteiger partial charge in [-0.15, -0.1) is 10.2 Å². The molecule has 1 N–H and O–H groups in total. The molecule has 4 unspecified atom stereocenters. The Morgan fingerprint density at radius 2 is 1.44 bits per heavy atom. The first-order valence-electron chi connectivity index (χ1n) is 13.3. The van der Waals surface area contributed by atoms with Crippen LogP contribution in [0.15, 0.2) is 0 Å². The van der Waals surface area contributed by atoms with E-state index in [1.54, 1.807) is 25.7 Å². The number of hydrogen-bond acceptors (Lipinski definition) is 10. The van der Waals surface area contributed by atoms with Gasteiger partial charge in [0.15, 0.2) is 5.82 Å². The molecule has 2 aliphatic rings. The zero-order valence-electron chi connectivity index (χ0n) is 24.2. The molecular formula is C26H41N7O6. The second-order valence-electron chi connectivity index (χ2n) is 11.7. The predicted octanol–water partition coefficient (Wildman–Crippen LogP) is 2.11. The van der Waals surface area contributed by atoms with Crippen molar-refractivity contribution in [2.24, 2.45) is 5.92 Å². The van der Waals surface area contributed by atoms with E-state index in [0.29, 0.717) is 38.2 Å². The van der Waals surface area contributed by atoms with Gasteiger partial charge >= 0.3 is 11.9 Å². The summed E-state index contributed by atoms with van der Waals surface area (Å²) in [6.07, 6.45) is 1.51. The fourth-order valence-corrected chi connectivity index (χ4v) is 4.44. The smallest absolute Gasteiger partial charge is 0.329 e. The molecule has 0 aliphatic carbocycles. The molecule has 1 aromatic heterocycles. The molecule has 13 heteroatoms. The van der Waals surface area contributed by atoms with Gasteiger partial charge in [0.25, 0.3) is 0 Å². The highest BCUT2D eigenvalue weighted by molar-refractivity contribution is 5.87. The number of tetrazole rings is 1. The molecule has 3 rings (SSSR count). The molecule has 13 nitrogen and oxygen atoms in total. The first kappa shape index (κ1) is 31.7. The van der Waals surface area contributed by atoms with E-state index in [4.69, 9.17) is 14.7 Å². The van der Waals surface area contributed by atoms with Crippen LogP contribution in [-0.2, 0) is 28.7 Å². The van der Waals surface area contributed by atoms with E-state index in [0.717, 1.165) is 0 Å². The first-order valence-corrected chi connectivity index (χ1v) is 13.3. The molecule has 2 amide bonds. The predicted molar refractivity (Wildman–Crippen MR) is 139 cm³/mol. The third kappa shape index (κ3) is 9.01. The topological polar surface area (TPSA) is 171 Å². The number of amides is 2. The van der Waals surface area contributed by atoms with E-state index in [9.17, 15) is 19.2 Å². The Labute approximate surface area is 229 Å². The number of ether oxygens (including phenoxy) is 2. The number of carbonyl (C=O) groups excluding carboxylic acids is 4. The summed E-state index contributed by atoms with van der Waals surface area (Å²) < 4.78 is 10.7. The number of aromatic amines is 1. The first-order chi connectivity index (χ1) is 18.1. The van der Waals surface area contributed by atoms with Crippen LogP contribution in [0.3, 0.4) is 0 Å². The molecule has 0 radical (unpaired) electrons. The molecule has 4 atom stereocenters. The standard InChI is InChI=1S/C13H21N5O3.C13H20N2O3/c1-5-9(12(20)21-13(2,3)4)18-7-8(6-10(18)19)11-14-16-17-15-11;1-5-10(12(17)18-13(2,3)4)15-8-9(7-14)6-11(15)16/h8-9H,5-7H2,1-4H3,(H,14,15,16,17);9-10H,5-6,8H2,1-4H3. The average Bonchev–Trinajstić information content (AvgIpc) is 3.54. The van der Waals surface area contributed by atoms with Gasteiger partial charge in [-0.1, -0.05) is 19.1 Å². The third-order valence-electron chi connectivity index (χ3n) is 6.11. The van der Waals surface area contributed by atoms with E-state index < -0.39 is 29.3 Å². The zero-order valence-corrected chi connectivity index (χ0v) is 24.2. The van der Waals surface area contributed by atoms with Gasteiger partial charge in [-0.2, -0.15) is 10.5 Å². The maximum absolute atomic E-state index is 12.2. The van der Waals surface area contributed by atoms with Crippen molar-refractivity contribution in [2.45, 2.75) is 110 Å². The molecular weight excluding hydrogens is 506 g/mol. The zero-order chi connectivity index (χ0) is 29.5.